The van der Waals surface area contributed by atoms with Gasteiger partial charge in [-0.2, -0.15) is 0 Å². The second-order valence-electron chi connectivity index (χ2n) is 8.95. The second kappa shape index (κ2) is 10.4. The maximum Gasteiger partial charge on any atom is 0.206 e. The Bertz CT molecular complexity index is 1090. The number of anilines is 1. The molecule has 1 fully saturated rings. The molecule has 4 rings (SSSR count). The quantitative estimate of drug-likeness (QED) is 0.523. The summed E-state index contributed by atoms with van der Waals surface area (Å²) < 4.78 is 14.2. The van der Waals surface area contributed by atoms with Gasteiger partial charge in [0.1, 0.15) is 18.1 Å². The molecule has 0 radical (unpaired) electrons. The van der Waals surface area contributed by atoms with Gasteiger partial charge >= 0.3 is 0 Å². The van der Waals surface area contributed by atoms with Gasteiger partial charge in [-0.25, -0.2) is 4.98 Å². The van der Waals surface area contributed by atoms with E-state index in [1.165, 1.54) is 0 Å². The number of benzene rings is 2. The van der Waals surface area contributed by atoms with E-state index in [1.54, 1.807) is 6.07 Å². The molecule has 1 aliphatic rings. The Hall–Kier alpha value is -2.77. The number of rotatable bonds is 8. The lowest BCUT2D eigenvalue weighted by molar-refractivity contribution is 0.0945. The lowest BCUT2D eigenvalue weighted by Crippen LogP contribution is -2.31. The van der Waals surface area contributed by atoms with E-state index in [2.05, 4.69) is 39.6 Å². The SMILES string of the molecule is Cc1cc(O)c(C)c(C)c1OCCOCCn1c(N2CCCN(C)CC2)nc2ccccc21. The first kappa shape index (κ1) is 23.4. The van der Waals surface area contributed by atoms with Gasteiger partial charge in [-0.1, -0.05) is 12.1 Å². The largest absolute Gasteiger partial charge is 0.508 e. The van der Waals surface area contributed by atoms with Crippen molar-refractivity contribution in [3.63, 3.8) is 0 Å². The highest BCUT2D eigenvalue weighted by atomic mass is 16.5. The van der Waals surface area contributed by atoms with Gasteiger partial charge < -0.3 is 28.9 Å². The van der Waals surface area contributed by atoms with Crippen LogP contribution in [-0.2, 0) is 11.3 Å². The van der Waals surface area contributed by atoms with Crippen LogP contribution in [0.3, 0.4) is 0 Å². The van der Waals surface area contributed by atoms with Crippen LogP contribution in [0.15, 0.2) is 30.3 Å². The highest BCUT2D eigenvalue weighted by molar-refractivity contribution is 5.78. The van der Waals surface area contributed by atoms with Gasteiger partial charge in [-0.05, 0) is 75.7 Å². The average Bonchev–Trinajstić information content (AvgIpc) is 3.02. The molecule has 0 unspecified atom stereocenters. The lowest BCUT2D eigenvalue weighted by Gasteiger charge is -2.23. The first-order valence-corrected chi connectivity index (χ1v) is 11.8. The second-order valence-corrected chi connectivity index (χ2v) is 8.95. The smallest absolute Gasteiger partial charge is 0.206 e. The van der Waals surface area contributed by atoms with Gasteiger partial charge in [-0.3, -0.25) is 0 Å². The van der Waals surface area contributed by atoms with Crippen LogP contribution in [0.1, 0.15) is 23.1 Å². The third-order valence-corrected chi connectivity index (χ3v) is 6.57. The number of hydrogen-bond acceptors (Lipinski definition) is 6. The summed E-state index contributed by atoms with van der Waals surface area (Å²) in [4.78, 5) is 9.75. The summed E-state index contributed by atoms with van der Waals surface area (Å²) in [6.45, 7) is 12.3. The number of nitrogens with zero attached hydrogens (tertiary/aromatic N) is 4. The van der Waals surface area contributed by atoms with E-state index in [0.29, 0.717) is 25.6 Å². The standard InChI is InChI=1S/C26H36N4O3/c1-19-18-24(31)20(2)21(3)25(19)33-17-16-32-15-14-30-23-9-6-5-8-22(23)27-26(30)29-11-7-10-28(4)12-13-29/h5-6,8-9,18,31H,7,10-17H2,1-4H3. The summed E-state index contributed by atoms with van der Waals surface area (Å²) in [6.07, 6.45) is 1.14. The van der Waals surface area contributed by atoms with Crippen molar-refractivity contribution in [2.75, 3.05) is 57.9 Å². The molecule has 1 aromatic heterocycles. The van der Waals surface area contributed by atoms with Crippen LogP contribution in [0, 0.1) is 20.8 Å². The molecule has 0 saturated carbocycles. The van der Waals surface area contributed by atoms with Crippen LogP contribution in [0.2, 0.25) is 0 Å². The van der Waals surface area contributed by atoms with Crippen molar-refractivity contribution < 1.29 is 14.6 Å². The fourth-order valence-electron chi connectivity index (χ4n) is 4.49. The molecule has 33 heavy (non-hydrogen) atoms. The van der Waals surface area contributed by atoms with Gasteiger partial charge in [0.15, 0.2) is 0 Å². The highest BCUT2D eigenvalue weighted by Gasteiger charge is 2.19. The Balaban J connectivity index is 1.36. The number of phenols is 1. The van der Waals surface area contributed by atoms with Crippen LogP contribution in [0.5, 0.6) is 11.5 Å². The topological polar surface area (TPSA) is 63.0 Å². The number of aryl methyl sites for hydroxylation is 1. The highest BCUT2D eigenvalue weighted by Crippen LogP contribution is 2.32. The van der Waals surface area contributed by atoms with Crippen molar-refractivity contribution in [3.8, 4) is 11.5 Å². The Labute approximate surface area is 196 Å². The van der Waals surface area contributed by atoms with Crippen molar-refractivity contribution in [1.82, 2.24) is 14.5 Å². The molecular formula is C26H36N4O3. The molecule has 1 saturated heterocycles. The van der Waals surface area contributed by atoms with Gasteiger partial charge in [0, 0.05) is 26.2 Å². The Morgan fingerprint density at radius 3 is 2.64 bits per heavy atom. The monoisotopic (exact) mass is 452 g/mol. The van der Waals surface area contributed by atoms with Crippen molar-refractivity contribution in [2.45, 2.75) is 33.7 Å². The van der Waals surface area contributed by atoms with Crippen molar-refractivity contribution >= 4 is 17.0 Å². The zero-order valence-electron chi connectivity index (χ0n) is 20.3. The predicted molar refractivity (Wildman–Crippen MR) is 133 cm³/mol. The fraction of sp³-hybridized carbons (Fsp3) is 0.500. The summed E-state index contributed by atoms with van der Waals surface area (Å²) in [7, 11) is 2.19. The van der Waals surface area contributed by atoms with E-state index in [4.69, 9.17) is 14.5 Å². The van der Waals surface area contributed by atoms with E-state index in [9.17, 15) is 5.11 Å². The Kier molecular flexibility index (Phi) is 7.40. The normalized spacial score (nSPS) is 15.2. The van der Waals surface area contributed by atoms with Gasteiger partial charge in [-0.15, -0.1) is 0 Å². The van der Waals surface area contributed by atoms with E-state index >= 15 is 0 Å². The fourth-order valence-corrected chi connectivity index (χ4v) is 4.49. The number of fused-ring (bicyclic) bond motifs is 1. The number of imidazole rings is 1. The van der Waals surface area contributed by atoms with Gasteiger partial charge in [0.2, 0.25) is 5.95 Å². The number of para-hydroxylation sites is 2. The van der Waals surface area contributed by atoms with E-state index < -0.39 is 0 Å². The minimum absolute atomic E-state index is 0.313. The number of hydrogen-bond donors (Lipinski definition) is 1. The molecule has 178 valence electrons. The molecule has 0 spiro atoms. The van der Waals surface area contributed by atoms with Gasteiger partial charge in [0.05, 0.1) is 24.2 Å². The third-order valence-electron chi connectivity index (χ3n) is 6.57. The van der Waals surface area contributed by atoms with E-state index in [-0.39, 0.29) is 0 Å². The maximum atomic E-state index is 9.96. The molecular weight excluding hydrogens is 416 g/mol. The van der Waals surface area contributed by atoms with E-state index in [0.717, 1.165) is 78.6 Å². The predicted octanol–water partition coefficient (Wildman–Crippen LogP) is 3.90. The van der Waals surface area contributed by atoms with E-state index in [1.807, 2.05) is 26.8 Å². The summed E-state index contributed by atoms with van der Waals surface area (Å²) in [5, 5.41) is 9.96. The molecule has 7 nitrogen and oxygen atoms in total. The van der Waals surface area contributed by atoms with Crippen molar-refractivity contribution in [1.29, 1.82) is 0 Å². The summed E-state index contributed by atoms with van der Waals surface area (Å²) in [5.41, 5.74) is 4.95. The van der Waals surface area contributed by atoms with Crippen LogP contribution < -0.4 is 9.64 Å². The average molecular weight is 453 g/mol. The van der Waals surface area contributed by atoms with Crippen LogP contribution in [0.4, 0.5) is 5.95 Å². The number of ether oxygens (including phenoxy) is 2. The molecule has 2 aromatic carbocycles. The molecule has 3 aromatic rings. The zero-order valence-corrected chi connectivity index (χ0v) is 20.3. The number of phenolic OH excluding ortho intramolecular Hbond substituents is 1. The molecule has 0 bridgehead atoms. The molecule has 0 atom stereocenters. The zero-order chi connectivity index (χ0) is 23.4. The molecule has 0 amide bonds. The van der Waals surface area contributed by atoms with Crippen molar-refractivity contribution in [2.24, 2.45) is 0 Å². The van der Waals surface area contributed by atoms with Gasteiger partial charge in [0.25, 0.3) is 0 Å². The molecule has 1 N–H and O–H groups in total. The molecule has 1 aliphatic heterocycles. The third kappa shape index (κ3) is 5.25. The van der Waals surface area contributed by atoms with Crippen LogP contribution in [-0.4, -0.2) is 72.6 Å². The number of aromatic hydroxyl groups is 1. The molecule has 2 heterocycles. The summed E-state index contributed by atoms with van der Waals surface area (Å²) in [6, 6.07) is 10.1. The summed E-state index contributed by atoms with van der Waals surface area (Å²) in [5.74, 6) is 2.19. The van der Waals surface area contributed by atoms with Crippen molar-refractivity contribution in [3.05, 3.63) is 47.0 Å². The summed E-state index contributed by atoms with van der Waals surface area (Å²) >= 11 is 0. The Morgan fingerprint density at radius 2 is 1.79 bits per heavy atom. The first-order valence-electron chi connectivity index (χ1n) is 11.8. The minimum atomic E-state index is 0.313. The first-order chi connectivity index (χ1) is 16.0. The lowest BCUT2D eigenvalue weighted by atomic mass is 10.0. The molecule has 0 aliphatic carbocycles. The number of aromatic nitrogens is 2. The maximum absolute atomic E-state index is 9.96. The number of likely N-dealkylation sites (N-methyl/N-ethyl adjacent to an activating group) is 1. The minimum Gasteiger partial charge on any atom is -0.508 e. The van der Waals surface area contributed by atoms with Crippen LogP contribution in [0.25, 0.3) is 11.0 Å². The Morgan fingerprint density at radius 1 is 0.970 bits per heavy atom. The molecule has 7 heteroatoms. The van der Waals surface area contributed by atoms with Crippen LogP contribution >= 0.6 is 0 Å².